The molecule has 0 bridgehead atoms. The minimum absolute atomic E-state index is 0.264. The number of esters is 1. The van der Waals surface area contributed by atoms with E-state index in [1.807, 2.05) is 150 Å². The van der Waals surface area contributed by atoms with Gasteiger partial charge in [-0.15, -0.1) is 0 Å². The van der Waals surface area contributed by atoms with E-state index >= 15 is 0 Å². The SMILES string of the molecule is Cc1ccc(CC(=S)OCc2ccc(SSc3ccc(COC(=S)Nc4ccc(C)cc4)cc3)cc2)cc1.Cc1ccc(CC(=S)OCc2ccc(SSc3ccc(COC(=S)Nc4ccc(C)cc4)cn3)nc2)cc1.Cc1ccc(NC(=S)OCc2ccc(OC(=O)C(C)(C)C)cc2)cc1. The van der Waals surface area contributed by atoms with Gasteiger partial charge in [0.05, 0.1) is 5.41 Å². The molecule has 0 aliphatic rings. The molecule has 101 heavy (non-hydrogen) atoms. The third kappa shape index (κ3) is 30.1. The van der Waals surface area contributed by atoms with Gasteiger partial charge < -0.3 is 44.4 Å². The van der Waals surface area contributed by atoms with E-state index in [9.17, 15) is 4.79 Å². The quantitative estimate of drug-likeness (QED) is 0.0229. The zero-order chi connectivity index (χ0) is 71.9. The fourth-order valence-electron chi connectivity index (χ4n) is 8.46. The van der Waals surface area contributed by atoms with Gasteiger partial charge in [0.1, 0.15) is 48.8 Å². The average Bonchev–Trinajstić information content (AvgIpc) is 0.924. The highest BCUT2D eigenvalue weighted by Gasteiger charge is 2.24. The number of thiocarbonyl (C=S) groups is 5. The van der Waals surface area contributed by atoms with Crippen LogP contribution in [0.5, 0.6) is 5.75 Å². The number of anilines is 3. The summed E-state index contributed by atoms with van der Waals surface area (Å²) in [6, 6.07) is 72.5. The van der Waals surface area contributed by atoms with E-state index < -0.39 is 5.41 Å². The van der Waals surface area contributed by atoms with E-state index in [1.54, 1.807) is 61.5 Å². The van der Waals surface area contributed by atoms with Gasteiger partial charge in [-0.2, -0.15) is 0 Å². The van der Waals surface area contributed by atoms with Crippen molar-refractivity contribution in [3.63, 3.8) is 0 Å². The fraction of sp³-hybridized carbons (Fsp3) is 0.200. The van der Waals surface area contributed by atoms with E-state index in [0.29, 0.717) is 77.3 Å². The first-order valence-corrected chi connectivity index (χ1v) is 38.5. The topological polar surface area (TPSA) is 134 Å². The van der Waals surface area contributed by atoms with Crippen LogP contribution in [0.4, 0.5) is 17.1 Å². The Kier molecular flexibility index (Phi) is 31.9. The van der Waals surface area contributed by atoms with Crippen LogP contribution in [0.2, 0.25) is 0 Å². The maximum absolute atomic E-state index is 11.9. The number of nitrogens with zero attached hydrogens (tertiary/aromatic N) is 2. The lowest BCUT2D eigenvalue weighted by Gasteiger charge is -2.16. The Morgan fingerprint density at radius 1 is 0.347 bits per heavy atom. The lowest BCUT2D eigenvalue weighted by molar-refractivity contribution is -0.143. The molecule has 0 spiro atoms. The highest BCUT2D eigenvalue weighted by Crippen LogP contribution is 2.38. The molecule has 520 valence electrons. The highest BCUT2D eigenvalue weighted by molar-refractivity contribution is 8.77. The summed E-state index contributed by atoms with van der Waals surface area (Å²) in [4.78, 5) is 23.2. The van der Waals surface area contributed by atoms with Gasteiger partial charge in [-0.3, -0.25) is 4.79 Å². The van der Waals surface area contributed by atoms with Crippen LogP contribution in [0.3, 0.4) is 0 Å². The predicted molar refractivity (Wildman–Crippen MR) is 437 cm³/mol. The molecule has 0 amide bonds. The number of carbonyl (C=O) groups is 1. The number of ether oxygens (including phenoxy) is 6. The van der Waals surface area contributed by atoms with Gasteiger partial charge >= 0.3 is 5.97 Å². The Morgan fingerprint density at radius 2 is 0.624 bits per heavy atom. The zero-order valence-electron chi connectivity index (χ0n) is 57.3. The van der Waals surface area contributed by atoms with Crippen molar-refractivity contribution in [3.8, 4) is 5.75 Å². The Balaban J connectivity index is 0.000000197. The predicted octanol–water partition coefficient (Wildman–Crippen LogP) is 21.9. The summed E-state index contributed by atoms with van der Waals surface area (Å²) >= 11 is 26.6. The maximum atomic E-state index is 11.9. The van der Waals surface area contributed by atoms with E-state index in [2.05, 4.69) is 144 Å². The fourth-order valence-corrected chi connectivity index (χ4v) is 13.1. The van der Waals surface area contributed by atoms with Crippen molar-refractivity contribution in [2.75, 3.05) is 16.0 Å². The molecule has 2 heterocycles. The summed E-state index contributed by atoms with van der Waals surface area (Å²) in [5.74, 6) is 0.254. The number of hydrogen-bond acceptors (Lipinski definition) is 18. The summed E-state index contributed by atoms with van der Waals surface area (Å²) < 4.78 is 33.8. The highest BCUT2D eigenvalue weighted by atomic mass is 33.1. The first-order valence-electron chi connectivity index (χ1n) is 32.1. The van der Waals surface area contributed by atoms with Crippen LogP contribution in [0.15, 0.2) is 251 Å². The van der Waals surface area contributed by atoms with Crippen molar-refractivity contribution in [1.82, 2.24) is 9.97 Å². The Hall–Kier alpha value is -8.22. The molecule has 2 aromatic heterocycles. The second-order valence-electron chi connectivity index (χ2n) is 24.3. The number of carbonyl (C=O) groups excluding carboxylic acids is 1. The number of rotatable bonds is 24. The first-order chi connectivity index (χ1) is 48.6. The zero-order valence-corrected chi connectivity index (χ0v) is 64.7. The van der Waals surface area contributed by atoms with E-state index in [0.717, 1.165) is 60.5 Å². The molecule has 10 rings (SSSR count). The van der Waals surface area contributed by atoms with Crippen LogP contribution >= 0.6 is 104 Å². The third-order valence-corrected chi connectivity index (χ3v) is 20.2. The molecule has 0 saturated heterocycles. The van der Waals surface area contributed by atoms with Crippen LogP contribution in [-0.4, -0.2) is 41.6 Å². The monoisotopic (exact) mass is 1510 g/mol. The number of hydrogen-bond donors (Lipinski definition) is 3. The second-order valence-corrected chi connectivity index (χ2v) is 30.7. The summed E-state index contributed by atoms with van der Waals surface area (Å²) in [5, 5.41) is 13.2. The standard InChI is InChI=1S/C31H29NO2S4.C29H27N3O2S4.C20H23NO3S/c1-22-3-7-24(8-4-22)19-30(35)33-20-25-9-15-28(16-10-25)37-38-29-17-11-26(12-18-29)21-34-31(36)32-27-13-5-23(2)6-14-27;1-20-3-7-22(8-4-20)15-28(35)33-18-23-9-13-26(30-16-23)37-38-27-14-10-24(17-31-27)19-34-29(36)32-25-11-5-21(2)6-12-25;1-14-5-9-16(10-6-14)21-19(25)23-13-15-7-11-17(12-8-15)24-18(22)20(2,3)4/h3-18H,19-21H2,1-2H3,(H,32,36);3-14,16-17H,15,18-19H2,1-2H3,(H,32,36);5-12H,13H2,1-4H3,(H,21,25). The summed E-state index contributed by atoms with van der Waals surface area (Å²) in [6.45, 7) is 17.7. The number of pyridine rings is 2. The normalized spacial score (nSPS) is 10.7. The van der Waals surface area contributed by atoms with Crippen LogP contribution < -0.4 is 20.7 Å². The Bertz CT molecular complexity index is 3850. The minimum atomic E-state index is -0.532. The molecule has 0 radical (unpaired) electrons. The van der Waals surface area contributed by atoms with Gasteiger partial charge in [-0.1, -0.05) is 183 Å². The number of aryl methyl sites for hydroxylation is 5. The van der Waals surface area contributed by atoms with Gasteiger partial charge in [0, 0.05) is 63.2 Å². The molecule has 0 unspecified atom stereocenters. The van der Waals surface area contributed by atoms with E-state index in [-0.39, 0.29) is 5.97 Å². The van der Waals surface area contributed by atoms with Crippen LogP contribution in [0.25, 0.3) is 0 Å². The van der Waals surface area contributed by atoms with E-state index in [1.165, 1.54) is 43.2 Å². The van der Waals surface area contributed by atoms with Crippen molar-refractivity contribution in [3.05, 3.63) is 298 Å². The number of nitrogens with one attached hydrogen (secondary N) is 3. The van der Waals surface area contributed by atoms with Crippen molar-refractivity contribution >= 4 is 153 Å². The molecule has 0 aliphatic heterocycles. The van der Waals surface area contributed by atoms with E-state index in [4.69, 9.17) is 89.5 Å². The molecule has 21 heteroatoms. The van der Waals surface area contributed by atoms with Gasteiger partial charge in [0.15, 0.2) is 10.1 Å². The Morgan fingerprint density at radius 3 is 0.941 bits per heavy atom. The smallest absolute Gasteiger partial charge is 0.316 e. The van der Waals surface area contributed by atoms with Crippen LogP contribution in [-0.2, 0) is 74.4 Å². The van der Waals surface area contributed by atoms with Gasteiger partial charge in [-0.25, -0.2) is 9.97 Å². The molecule has 10 aromatic rings. The minimum Gasteiger partial charge on any atom is -0.482 e. The van der Waals surface area contributed by atoms with Gasteiger partial charge in [0.25, 0.3) is 15.5 Å². The molecule has 0 aliphatic carbocycles. The molecule has 0 saturated carbocycles. The van der Waals surface area contributed by atoms with Gasteiger partial charge in [-0.05, 0) is 251 Å². The summed E-state index contributed by atoms with van der Waals surface area (Å²) in [6.07, 6.45) is 4.90. The largest absolute Gasteiger partial charge is 0.482 e. The molecule has 0 atom stereocenters. The molecule has 12 nitrogen and oxygen atoms in total. The van der Waals surface area contributed by atoms with Gasteiger partial charge in [0.2, 0.25) is 0 Å². The molecule has 3 N–H and O–H groups in total. The van der Waals surface area contributed by atoms with Crippen LogP contribution in [0.1, 0.15) is 87.5 Å². The van der Waals surface area contributed by atoms with Crippen LogP contribution in [0, 0.1) is 40.0 Å². The summed E-state index contributed by atoms with van der Waals surface area (Å²) in [7, 11) is 6.54. The molecular formula is C80H79N5O7S9. The Labute approximate surface area is 636 Å². The average molecular weight is 1510 g/mol. The van der Waals surface area contributed by atoms with Crippen molar-refractivity contribution in [1.29, 1.82) is 0 Å². The second kappa shape index (κ2) is 41.0. The lowest BCUT2D eigenvalue weighted by atomic mass is 9.97. The molecule has 8 aromatic carbocycles. The maximum Gasteiger partial charge on any atom is 0.316 e. The number of benzene rings is 8. The van der Waals surface area contributed by atoms with Crippen molar-refractivity contribution < 1.29 is 33.2 Å². The first kappa shape index (κ1) is 78.5. The molecule has 0 fully saturated rings. The molecular weight excluding hydrogens is 1430 g/mol. The van der Waals surface area contributed by atoms with Crippen molar-refractivity contribution in [2.45, 2.75) is 121 Å². The number of aromatic nitrogens is 2. The third-order valence-electron chi connectivity index (χ3n) is 14.4. The lowest BCUT2D eigenvalue weighted by Crippen LogP contribution is -2.25. The summed E-state index contributed by atoms with van der Waals surface area (Å²) in [5.41, 5.74) is 15.6. The van der Waals surface area contributed by atoms with Crippen molar-refractivity contribution in [2.24, 2.45) is 5.41 Å².